The van der Waals surface area contributed by atoms with E-state index in [2.05, 4.69) is 28.6 Å². The molecule has 3 rings (SSSR count). The number of ether oxygens (including phenoxy) is 1. The van der Waals surface area contributed by atoms with Gasteiger partial charge in [0.15, 0.2) is 11.6 Å². The van der Waals surface area contributed by atoms with E-state index in [1.54, 1.807) is 24.5 Å². The number of nitrogens with two attached hydrogens (primary N) is 1. The SMILES string of the molecule is CC[C@H]1CCN(CC#Cc2cnccc2Oc2ccc(N)cc2F)C1. The van der Waals surface area contributed by atoms with Crippen LogP contribution >= 0.6 is 0 Å². The maximum absolute atomic E-state index is 13.9. The van der Waals surface area contributed by atoms with Crippen LogP contribution in [0.1, 0.15) is 25.3 Å². The Balaban J connectivity index is 1.70. The van der Waals surface area contributed by atoms with Crippen LogP contribution in [0.2, 0.25) is 0 Å². The molecule has 1 aliphatic heterocycles. The van der Waals surface area contributed by atoms with Crippen molar-refractivity contribution in [3.05, 3.63) is 48.0 Å². The van der Waals surface area contributed by atoms with E-state index in [1.165, 1.54) is 25.0 Å². The molecule has 0 saturated carbocycles. The Morgan fingerprint density at radius 2 is 2.24 bits per heavy atom. The fourth-order valence-electron chi connectivity index (χ4n) is 2.92. The molecule has 1 aliphatic rings. The number of hydrogen-bond donors (Lipinski definition) is 1. The maximum atomic E-state index is 13.9. The van der Waals surface area contributed by atoms with Crippen molar-refractivity contribution in [1.82, 2.24) is 9.88 Å². The van der Waals surface area contributed by atoms with Gasteiger partial charge in [-0.15, -0.1) is 0 Å². The van der Waals surface area contributed by atoms with E-state index in [0.29, 0.717) is 17.0 Å². The van der Waals surface area contributed by atoms with Gasteiger partial charge in [0, 0.05) is 36.8 Å². The number of benzene rings is 1. The van der Waals surface area contributed by atoms with E-state index in [9.17, 15) is 4.39 Å². The highest BCUT2D eigenvalue weighted by molar-refractivity contribution is 5.48. The molecule has 130 valence electrons. The lowest BCUT2D eigenvalue weighted by Crippen LogP contribution is -2.20. The third-order valence-corrected chi connectivity index (χ3v) is 4.43. The highest BCUT2D eigenvalue weighted by Crippen LogP contribution is 2.27. The average molecular weight is 339 g/mol. The molecule has 1 atom stereocenters. The second kappa shape index (κ2) is 8.00. The molecule has 2 N–H and O–H groups in total. The third kappa shape index (κ3) is 4.49. The van der Waals surface area contributed by atoms with Gasteiger partial charge in [-0.25, -0.2) is 4.39 Å². The summed E-state index contributed by atoms with van der Waals surface area (Å²) in [5.74, 6) is 7.17. The normalized spacial score (nSPS) is 17.1. The van der Waals surface area contributed by atoms with Gasteiger partial charge in [0.2, 0.25) is 0 Å². The largest absolute Gasteiger partial charge is 0.453 e. The molecular formula is C20H22FN3O. The van der Waals surface area contributed by atoms with E-state index >= 15 is 0 Å². The Kier molecular flexibility index (Phi) is 5.52. The van der Waals surface area contributed by atoms with E-state index in [1.807, 2.05) is 0 Å². The molecule has 4 nitrogen and oxygen atoms in total. The van der Waals surface area contributed by atoms with Gasteiger partial charge in [0.1, 0.15) is 5.75 Å². The second-order valence-corrected chi connectivity index (χ2v) is 6.26. The summed E-state index contributed by atoms with van der Waals surface area (Å²) >= 11 is 0. The molecule has 25 heavy (non-hydrogen) atoms. The lowest BCUT2D eigenvalue weighted by atomic mass is 10.1. The zero-order chi connectivity index (χ0) is 17.6. The van der Waals surface area contributed by atoms with Crippen molar-refractivity contribution in [2.45, 2.75) is 19.8 Å². The molecule has 0 unspecified atom stereocenters. The minimum atomic E-state index is -0.501. The Bertz CT molecular complexity index is 797. The molecule has 1 fully saturated rings. The van der Waals surface area contributed by atoms with Gasteiger partial charge in [-0.1, -0.05) is 25.2 Å². The van der Waals surface area contributed by atoms with Crippen molar-refractivity contribution < 1.29 is 9.13 Å². The highest BCUT2D eigenvalue weighted by atomic mass is 19.1. The summed E-state index contributed by atoms with van der Waals surface area (Å²) in [7, 11) is 0. The first kappa shape index (κ1) is 17.2. The van der Waals surface area contributed by atoms with Gasteiger partial charge >= 0.3 is 0 Å². The Hall–Kier alpha value is -2.58. The minimum absolute atomic E-state index is 0.119. The summed E-state index contributed by atoms with van der Waals surface area (Å²) in [4.78, 5) is 6.45. The number of hydrogen-bond acceptors (Lipinski definition) is 4. The number of nitrogens with zero attached hydrogens (tertiary/aromatic N) is 2. The average Bonchev–Trinajstić information content (AvgIpc) is 3.07. The molecule has 5 heteroatoms. The van der Waals surface area contributed by atoms with Gasteiger partial charge in [0.25, 0.3) is 0 Å². The van der Waals surface area contributed by atoms with Crippen LogP contribution in [0.5, 0.6) is 11.5 Å². The van der Waals surface area contributed by atoms with E-state index in [-0.39, 0.29) is 5.75 Å². The van der Waals surface area contributed by atoms with Crippen molar-refractivity contribution in [2.75, 3.05) is 25.4 Å². The number of likely N-dealkylation sites (tertiary alicyclic amines) is 1. The molecule has 0 amide bonds. The summed E-state index contributed by atoms with van der Waals surface area (Å²) in [5, 5.41) is 0. The van der Waals surface area contributed by atoms with E-state index in [0.717, 1.165) is 25.6 Å². The molecule has 0 spiro atoms. The van der Waals surface area contributed by atoms with Gasteiger partial charge in [0.05, 0.1) is 12.1 Å². The first-order valence-electron chi connectivity index (χ1n) is 8.54. The van der Waals surface area contributed by atoms with Gasteiger partial charge in [-0.05, 0) is 31.0 Å². The molecule has 1 aromatic carbocycles. The Morgan fingerprint density at radius 3 is 3.00 bits per heavy atom. The Labute approximate surface area is 147 Å². The van der Waals surface area contributed by atoms with Crippen molar-refractivity contribution in [2.24, 2.45) is 5.92 Å². The van der Waals surface area contributed by atoms with E-state index < -0.39 is 5.82 Å². The topological polar surface area (TPSA) is 51.4 Å². The number of halogens is 1. The van der Waals surface area contributed by atoms with Crippen LogP contribution in [-0.2, 0) is 0 Å². The number of rotatable bonds is 4. The summed E-state index contributed by atoms with van der Waals surface area (Å²) in [6.45, 7) is 5.16. The predicted octanol–water partition coefficient (Wildman–Crippen LogP) is 3.68. The number of pyridine rings is 1. The van der Waals surface area contributed by atoms with Gasteiger partial charge in [-0.2, -0.15) is 0 Å². The fraction of sp³-hybridized carbons (Fsp3) is 0.350. The van der Waals surface area contributed by atoms with Crippen LogP contribution < -0.4 is 10.5 Å². The maximum Gasteiger partial charge on any atom is 0.167 e. The molecule has 0 bridgehead atoms. The lowest BCUT2D eigenvalue weighted by molar-refractivity contribution is 0.362. The van der Waals surface area contributed by atoms with Crippen molar-refractivity contribution >= 4 is 5.69 Å². The molecule has 2 heterocycles. The summed E-state index contributed by atoms with van der Waals surface area (Å²) in [6.07, 6.45) is 5.70. The van der Waals surface area contributed by atoms with Crippen LogP contribution in [-0.4, -0.2) is 29.5 Å². The quantitative estimate of drug-likeness (QED) is 0.682. The minimum Gasteiger partial charge on any atom is -0.453 e. The Morgan fingerprint density at radius 1 is 1.36 bits per heavy atom. The molecule has 1 saturated heterocycles. The zero-order valence-corrected chi connectivity index (χ0v) is 14.3. The molecule has 1 aromatic heterocycles. The second-order valence-electron chi connectivity index (χ2n) is 6.26. The number of nitrogen functional groups attached to an aromatic ring is 1. The molecule has 2 aromatic rings. The summed E-state index contributed by atoms with van der Waals surface area (Å²) in [6, 6.07) is 6.03. The molecular weight excluding hydrogens is 317 g/mol. The van der Waals surface area contributed by atoms with Crippen molar-refractivity contribution in [3.8, 4) is 23.3 Å². The first-order chi connectivity index (χ1) is 12.2. The number of aromatic nitrogens is 1. The molecule has 0 radical (unpaired) electrons. The standard InChI is InChI=1S/C20H22FN3O/c1-2-15-8-11-24(14-15)10-3-4-16-13-23-9-7-19(16)25-20-6-5-17(22)12-18(20)21/h5-7,9,12-13,15H,2,8,10-11,14,22H2,1H3/t15-/m0/s1. The van der Waals surface area contributed by atoms with Crippen molar-refractivity contribution in [3.63, 3.8) is 0 Å². The first-order valence-corrected chi connectivity index (χ1v) is 8.54. The van der Waals surface area contributed by atoms with Crippen LogP contribution in [0, 0.1) is 23.6 Å². The fourth-order valence-corrected chi connectivity index (χ4v) is 2.92. The van der Waals surface area contributed by atoms with Crippen LogP contribution in [0.15, 0.2) is 36.7 Å². The van der Waals surface area contributed by atoms with Crippen LogP contribution in [0.4, 0.5) is 10.1 Å². The van der Waals surface area contributed by atoms with E-state index in [4.69, 9.17) is 10.5 Å². The smallest absolute Gasteiger partial charge is 0.167 e. The lowest BCUT2D eigenvalue weighted by Gasteiger charge is -2.11. The number of anilines is 1. The van der Waals surface area contributed by atoms with Crippen LogP contribution in [0.25, 0.3) is 0 Å². The van der Waals surface area contributed by atoms with Gasteiger partial charge in [-0.3, -0.25) is 9.88 Å². The molecule has 0 aliphatic carbocycles. The van der Waals surface area contributed by atoms with Gasteiger partial charge < -0.3 is 10.5 Å². The zero-order valence-electron chi connectivity index (χ0n) is 14.3. The summed E-state index contributed by atoms with van der Waals surface area (Å²) < 4.78 is 19.6. The highest BCUT2D eigenvalue weighted by Gasteiger charge is 2.19. The van der Waals surface area contributed by atoms with Crippen LogP contribution in [0.3, 0.4) is 0 Å². The summed E-state index contributed by atoms with van der Waals surface area (Å²) in [5.41, 5.74) is 6.56. The monoisotopic (exact) mass is 339 g/mol. The predicted molar refractivity (Wildman–Crippen MR) is 96.8 cm³/mol. The third-order valence-electron chi connectivity index (χ3n) is 4.43. The van der Waals surface area contributed by atoms with Crippen molar-refractivity contribution in [1.29, 1.82) is 0 Å².